The number of aryl methyl sites for hydroxylation is 1. The minimum absolute atomic E-state index is 0.142. The largest absolute Gasteiger partial charge is 0.467 e. The molecule has 0 aliphatic carbocycles. The number of H-pyrrole nitrogens is 1. The number of hydrogen-bond acceptors (Lipinski definition) is 4. The molecule has 1 unspecified atom stereocenters. The van der Waals surface area contributed by atoms with Gasteiger partial charge in [0.1, 0.15) is 5.82 Å². The first-order valence-electron chi connectivity index (χ1n) is 9.75. The van der Waals surface area contributed by atoms with E-state index in [1.165, 1.54) is 7.11 Å². The van der Waals surface area contributed by atoms with Crippen LogP contribution in [0.3, 0.4) is 0 Å². The topological polar surface area (TPSA) is 63.4 Å². The average Bonchev–Trinajstić information content (AvgIpc) is 2.92. The number of hydrogen-bond donors (Lipinski definition) is 2. The van der Waals surface area contributed by atoms with Gasteiger partial charge in [-0.3, -0.25) is 0 Å². The summed E-state index contributed by atoms with van der Waals surface area (Å²) in [6.07, 6.45) is -0.837. The van der Waals surface area contributed by atoms with Crippen LogP contribution in [0.2, 0.25) is 5.02 Å². The lowest BCUT2D eigenvalue weighted by Crippen LogP contribution is -2.42. The van der Waals surface area contributed by atoms with Crippen molar-refractivity contribution in [2.45, 2.75) is 59.3 Å². The van der Waals surface area contributed by atoms with Gasteiger partial charge in [-0.1, -0.05) is 23.7 Å². The fourth-order valence-corrected chi connectivity index (χ4v) is 3.91. The molecule has 2 N–H and O–H groups in total. The highest BCUT2D eigenvalue weighted by molar-refractivity contribution is 6.30. The van der Waals surface area contributed by atoms with E-state index in [0.29, 0.717) is 5.02 Å². The molecule has 0 saturated heterocycles. The summed E-state index contributed by atoms with van der Waals surface area (Å²) < 4.78 is 11.4. The number of esters is 1. The number of carbonyl (C=O) groups excluding carboxylic acids is 1. The van der Waals surface area contributed by atoms with E-state index < -0.39 is 17.7 Å². The number of ether oxygens (including phenoxy) is 2. The Labute approximate surface area is 177 Å². The summed E-state index contributed by atoms with van der Waals surface area (Å²) in [6.45, 7) is 12.0. The summed E-state index contributed by atoms with van der Waals surface area (Å²) in [5.41, 5.74) is 5.53. The zero-order valence-electron chi connectivity index (χ0n) is 18.1. The molecule has 156 valence electrons. The van der Waals surface area contributed by atoms with E-state index in [1.54, 1.807) is 0 Å². The van der Waals surface area contributed by atoms with Crippen molar-refractivity contribution in [3.63, 3.8) is 0 Å². The first kappa shape index (κ1) is 21.5. The van der Waals surface area contributed by atoms with E-state index >= 15 is 0 Å². The number of carbonyl (C=O) groups is 1. The van der Waals surface area contributed by atoms with Gasteiger partial charge in [0, 0.05) is 27.9 Å². The van der Waals surface area contributed by atoms with Crippen molar-refractivity contribution >= 4 is 29.0 Å². The Kier molecular flexibility index (Phi) is 5.84. The average molecular weight is 417 g/mol. The number of benzene rings is 1. The van der Waals surface area contributed by atoms with Gasteiger partial charge in [-0.25, -0.2) is 4.79 Å². The summed E-state index contributed by atoms with van der Waals surface area (Å²) in [5, 5.41) is 4.16. The molecule has 29 heavy (non-hydrogen) atoms. The Balaban J connectivity index is 2.34. The van der Waals surface area contributed by atoms with Gasteiger partial charge in [0.25, 0.3) is 0 Å². The SMILES string of the molecule is COC(=O)[C@@H](OC(C)(C)C)C1=C(c2ccc(Cl)cc2)c2c([nH]c(C)c2C)NC1C. The first-order valence-corrected chi connectivity index (χ1v) is 10.1. The van der Waals surface area contributed by atoms with Crippen LogP contribution in [0.15, 0.2) is 29.8 Å². The smallest absolute Gasteiger partial charge is 0.339 e. The van der Waals surface area contributed by atoms with Crippen LogP contribution >= 0.6 is 11.6 Å². The fourth-order valence-electron chi connectivity index (χ4n) is 3.78. The molecule has 0 radical (unpaired) electrons. The maximum absolute atomic E-state index is 12.8. The molecule has 2 heterocycles. The van der Waals surface area contributed by atoms with Gasteiger partial charge in [0.05, 0.1) is 12.7 Å². The number of anilines is 1. The highest BCUT2D eigenvalue weighted by Crippen LogP contribution is 2.43. The lowest BCUT2D eigenvalue weighted by Gasteiger charge is -2.35. The standard InChI is InChI=1S/C23H29ClN2O3/c1-12-13(2)25-21-17(12)19(15-8-10-16(24)11-9-15)18(14(3)26-21)20(22(27)28-7)29-23(4,5)6/h8-11,14,20,25-26H,1-7H3/t14?,20-/m0/s1. The minimum atomic E-state index is -0.837. The highest BCUT2D eigenvalue weighted by atomic mass is 35.5. The summed E-state index contributed by atoms with van der Waals surface area (Å²) in [4.78, 5) is 16.3. The molecule has 0 bridgehead atoms. The quantitative estimate of drug-likeness (QED) is 0.667. The molecule has 6 heteroatoms. The number of fused-ring (bicyclic) bond motifs is 1. The van der Waals surface area contributed by atoms with Gasteiger partial charge in [0.2, 0.25) is 0 Å². The van der Waals surface area contributed by atoms with Gasteiger partial charge >= 0.3 is 5.97 Å². The van der Waals surface area contributed by atoms with Crippen LogP contribution < -0.4 is 5.32 Å². The molecule has 5 nitrogen and oxygen atoms in total. The molecule has 1 aliphatic heterocycles. The number of methoxy groups -OCH3 is 1. The van der Waals surface area contributed by atoms with Crippen LogP contribution in [-0.2, 0) is 14.3 Å². The first-order chi connectivity index (χ1) is 13.5. The van der Waals surface area contributed by atoms with Gasteiger partial charge < -0.3 is 19.8 Å². The molecule has 0 amide bonds. The van der Waals surface area contributed by atoms with Gasteiger partial charge in [-0.2, -0.15) is 0 Å². The Hall–Kier alpha value is -2.24. The van der Waals surface area contributed by atoms with Crippen LogP contribution in [0.25, 0.3) is 5.57 Å². The van der Waals surface area contributed by atoms with E-state index in [1.807, 2.05) is 58.9 Å². The zero-order valence-corrected chi connectivity index (χ0v) is 18.8. The molecule has 3 rings (SSSR count). The van der Waals surface area contributed by atoms with Crippen molar-refractivity contribution in [1.82, 2.24) is 4.98 Å². The van der Waals surface area contributed by atoms with E-state index in [2.05, 4.69) is 17.2 Å². The van der Waals surface area contributed by atoms with Gasteiger partial charge in [-0.15, -0.1) is 0 Å². The minimum Gasteiger partial charge on any atom is -0.467 e. The van der Waals surface area contributed by atoms with E-state index in [0.717, 1.165) is 39.3 Å². The number of aromatic nitrogens is 1. The molecule has 1 aromatic carbocycles. The normalized spacial score (nSPS) is 17.6. The predicted molar refractivity (Wildman–Crippen MR) is 117 cm³/mol. The number of nitrogens with one attached hydrogen (secondary N) is 2. The predicted octanol–water partition coefficient (Wildman–Crippen LogP) is 5.26. The number of halogens is 1. The van der Waals surface area contributed by atoms with Crippen LogP contribution in [0.4, 0.5) is 5.82 Å². The molecule has 0 saturated carbocycles. The van der Waals surface area contributed by atoms with Crippen molar-refractivity contribution in [3.05, 3.63) is 57.2 Å². The molecule has 0 spiro atoms. The third kappa shape index (κ3) is 4.21. The van der Waals surface area contributed by atoms with Crippen LogP contribution in [-0.4, -0.2) is 35.8 Å². The van der Waals surface area contributed by atoms with Crippen LogP contribution in [0.1, 0.15) is 50.1 Å². The number of aromatic amines is 1. The van der Waals surface area contributed by atoms with Crippen molar-refractivity contribution in [2.75, 3.05) is 12.4 Å². The second-order valence-electron chi connectivity index (χ2n) is 8.46. The molecule has 1 aliphatic rings. The number of rotatable bonds is 4. The lowest BCUT2D eigenvalue weighted by molar-refractivity contribution is -0.159. The Bertz CT molecular complexity index is 952. The van der Waals surface area contributed by atoms with E-state index in [4.69, 9.17) is 21.1 Å². The van der Waals surface area contributed by atoms with E-state index in [9.17, 15) is 4.79 Å². The summed E-state index contributed by atoms with van der Waals surface area (Å²) in [6, 6.07) is 7.54. The van der Waals surface area contributed by atoms with Crippen LogP contribution in [0, 0.1) is 13.8 Å². The second-order valence-corrected chi connectivity index (χ2v) is 8.90. The Morgan fingerprint density at radius 1 is 1.17 bits per heavy atom. The van der Waals surface area contributed by atoms with Crippen molar-refractivity contribution in [1.29, 1.82) is 0 Å². The Morgan fingerprint density at radius 3 is 2.34 bits per heavy atom. The summed E-state index contributed by atoms with van der Waals surface area (Å²) in [7, 11) is 1.39. The van der Waals surface area contributed by atoms with Crippen molar-refractivity contribution in [2.24, 2.45) is 0 Å². The fraction of sp³-hybridized carbons (Fsp3) is 0.435. The molecular weight excluding hydrogens is 388 g/mol. The van der Waals surface area contributed by atoms with Gasteiger partial charge in [-0.05, 0) is 70.4 Å². The molecule has 2 atom stereocenters. The zero-order chi connectivity index (χ0) is 21.5. The summed E-state index contributed by atoms with van der Waals surface area (Å²) >= 11 is 6.14. The maximum atomic E-state index is 12.8. The third-order valence-electron chi connectivity index (χ3n) is 5.17. The van der Waals surface area contributed by atoms with Gasteiger partial charge in [0.15, 0.2) is 6.10 Å². The highest BCUT2D eigenvalue weighted by Gasteiger charge is 2.39. The monoisotopic (exact) mass is 416 g/mol. The Morgan fingerprint density at radius 2 is 1.79 bits per heavy atom. The summed E-state index contributed by atoms with van der Waals surface area (Å²) in [5.74, 6) is 0.531. The second kappa shape index (κ2) is 7.88. The molecular formula is C23H29ClN2O3. The maximum Gasteiger partial charge on any atom is 0.339 e. The third-order valence-corrected chi connectivity index (χ3v) is 5.42. The van der Waals surface area contributed by atoms with E-state index in [-0.39, 0.29) is 6.04 Å². The molecule has 1 aromatic heterocycles. The van der Waals surface area contributed by atoms with Crippen molar-refractivity contribution < 1.29 is 14.3 Å². The lowest BCUT2D eigenvalue weighted by atomic mass is 9.83. The van der Waals surface area contributed by atoms with Crippen LogP contribution in [0.5, 0.6) is 0 Å². The van der Waals surface area contributed by atoms with Crippen molar-refractivity contribution in [3.8, 4) is 0 Å². The molecule has 0 fully saturated rings. The molecule has 2 aromatic rings.